The van der Waals surface area contributed by atoms with Gasteiger partial charge in [0.15, 0.2) is 0 Å². The van der Waals surface area contributed by atoms with Crippen molar-refractivity contribution in [2.45, 2.75) is 0 Å². The molecule has 0 saturated carbocycles. The van der Waals surface area contributed by atoms with Crippen LogP contribution in [0.25, 0.3) is 0 Å². The molecular formula is H2CrO4Zn. The molecule has 0 aliphatic rings. The van der Waals surface area contributed by atoms with Crippen LogP contribution in [0.15, 0.2) is 0 Å². The topological polar surface area (TPSA) is 117 Å². The third kappa shape index (κ3) is 80.4. The SMILES string of the molecule is [Cr+4].[O-2].[O-2].[OH-].[OH-].[Zn+2]. The van der Waals surface area contributed by atoms with E-state index in [1.807, 2.05) is 0 Å². The summed E-state index contributed by atoms with van der Waals surface area (Å²) in [4.78, 5) is 0. The molecule has 0 aromatic carbocycles. The number of rotatable bonds is 0. The van der Waals surface area contributed by atoms with Crippen molar-refractivity contribution in [3.63, 3.8) is 0 Å². The number of hydrogen-bond donors (Lipinski definition) is 0. The normalized spacial score (nSPS) is 0. The summed E-state index contributed by atoms with van der Waals surface area (Å²) in [6.45, 7) is 0. The predicted molar refractivity (Wildman–Crippen MR) is 5.24 cm³/mol. The van der Waals surface area contributed by atoms with Gasteiger partial charge in [0.05, 0.1) is 0 Å². The van der Waals surface area contributed by atoms with E-state index in [0.29, 0.717) is 0 Å². The minimum absolute atomic E-state index is 0. The van der Waals surface area contributed by atoms with Gasteiger partial charge in [0, 0.05) is 0 Å². The van der Waals surface area contributed by atoms with Crippen LogP contribution in [0, 0.1) is 0 Å². The van der Waals surface area contributed by atoms with Crippen LogP contribution in [-0.4, -0.2) is 11.0 Å². The van der Waals surface area contributed by atoms with Crippen LogP contribution in [0.5, 0.6) is 0 Å². The first-order chi connectivity index (χ1) is 0. The van der Waals surface area contributed by atoms with Crippen molar-refractivity contribution < 1.29 is 58.7 Å². The quantitative estimate of drug-likeness (QED) is 0.466. The zero-order valence-corrected chi connectivity index (χ0v) is 7.07. The van der Waals surface area contributed by atoms with E-state index in [1.54, 1.807) is 0 Å². The fourth-order valence-corrected chi connectivity index (χ4v) is 0. The average molecular weight is 183 g/mol. The molecule has 0 atom stereocenters. The molecule has 0 bridgehead atoms. The summed E-state index contributed by atoms with van der Waals surface area (Å²) < 4.78 is 0. The van der Waals surface area contributed by atoms with E-state index in [2.05, 4.69) is 0 Å². The minimum atomic E-state index is 0. The fourth-order valence-electron chi connectivity index (χ4n) is 0. The van der Waals surface area contributed by atoms with Gasteiger partial charge in [0.25, 0.3) is 0 Å². The third-order valence-corrected chi connectivity index (χ3v) is 0. The van der Waals surface area contributed by atoms with Crippen LogP contribution < -0.4 is 0 Å². The van der Waals surface area contributed by atoms with Gasteiger partial charge in [-0.3, -0.25) is 0 Å². The molecule has 6 heavy (non-hydrogen) atoms. The zero-order chi connectivity index (χ0) is 0. The van der Waals surface area contributed by atoms with Crippen LogP contribution in [-0.2, 0) is 47.8 Å². The van der Waals surface area contributed by atoms with E-state index in [-0.39, 0.29) is 58.7 Å². The van der Waals surface area contributed by atoms with Crippen molar-refractivity contribution in [2.75, 3.05) is 0 Å². The van der Waals surface area contributed by atoms with Gasteiger partial charge < -0.3 is 21.9 Å². The first kappa shape index (κ1) is 254. The van der Waals surface area contributed by atoms with Crippen LogP contribution in [0.1, 0.15) is 0 Å². The molecule has 0 amide bonds. The molecule has 0 rings (SSSR count). The van der Waals surface area contributed by atoms with Crippen molar-refractivity contribution >= 4 is 0 Å². The van der Waals surface area contributed by atoms with E-state index in [0.717, 1.165) is 0 Å². The molecule has 0 spiro atoms. The molecule has 2 N–H and O–H groups in total. The Morgan fingerprint density at radius 3 is 0.667 bits per heavy atom. The van der Waals surface area contributed by atoms with E-state index < -0.39 is 0 Å². The Bertz CT molecular complexity index is 7.51. The molecular weight excluding hydrogens is 181 g/mol. The molecule has 0 unspecified atom stereocenters. The Balaban J connectivity index is 0. The predicted octanol–water partition coefficient (Wildman–Crippen LogP) is -0.596. The smallest absolute Gasteiger partial charge is 2.00 e. The van der Waals surface area contributed by atoms with Crippen molar-refractivity contribution in [1.82, 2.24) is 0 Å². The van der Waals surface area contributed by atoms with Crippen LogP contribution in [0.3, 0.4) is 0 Å². The van der Waals surface area contributed by atoms with Crippen molar-refractivity contribution in [1.29, 1.82) is 0 Å². The Morgan fingerprint density at radius 1 is 0.667 bits per heavy atom. The largest absolute Gasteiger partial charge is 4.00 e. The Morgan fingerprint density at radius 2 is 0.667 bits per heavy atom. The Labute approximate surface area is 59.0 Å². The first-order valence-corrected chi connectivity index (χ1v) is 0. The van der Waals surface area contributed by atoms with Gasteiger partial charge in [0.1, 0.15) is 0 Å². The van der Waals surface area contributed by atoms with Gasteiger partial charge in [-0.2, -0.15) is 0 Å². The second-order valence-electron chi connectivity index (χ2n) is 0. The van der Waals surface area contributed by atoms with E-state index in [4.69, 9.17) is 0 Å². The van der Waals surface area contributed by atoms with Gasteiger partial charge in [0.2, 0.25) is 0 Å². The Kier molecular flexibility index (Phi) is 6380. The molecule has 0 aliphatic heterocycles. The van der Waals surface area contributed by atoms with E-state index in [1.165, 1.54) is 0 Å². The van der Waals surface area contributed by atoms with Crippen molar-refractivity contribution in [3.05, 3.63) is 0 Å². The molecule has 0 heterocycles. The van der Waals surface area contributed by atoms with Gasteiger partial charge in [-0.1, -0.05) is 0 Å². The number of hydrogen-bond acceptors (Lipinski definition) is 2. The van der Waals surface area contributed by atoms with Gasteiger partial charge in [-0.15, -0.1) is 0 Å². The minimum Gasteiger partial charge on any atom is -2.00 e. The van der Waals surface area contributed by atoms with E-state index in [9.17, 15) is 0 Å². The molecule has 0 aliphatic carbocycles. The zero-order valence-electron chi connectivity index (χ0n) is 2.83. The van der Waals surface area contributed by atoms with Gasteiger partial charge in [-0.25, -0.2) is 0 Å². The Hall–Kier alpha value is 0.996. The van der Waals surface area contributed by atoms with Crippen LogP contribution >= 0.6 is 0 Å². The monoisotopic (exact) mass is 182 g/mol. The van der Waals surface area contributed by atoms with Gasteiger partial charge in [-0.05, 0) is 0 Å². The maximum atomic E-state index is 0. The van der Waals surface area contributed by atoms with Crippen LogP contribution in [0.2, 0.25) is 0 Å². The summed E-state index contributed by atoms with van der Waals surface area (Å²) >= 11 is 0. The first-order valence-electron chi connectivity index (χ1n) is 0. The molecule has 0 aromatic heterocycles. The average Bonchev–Trinajstić information content (AvgIpc) is 0. The summed E-state index contributed by atoms with van der Waals surface area (Å²) in [6, 6.07) is 0. The molecule has 4 nitrogen and oxygen atoms in total. The standard InChI is InChI=1S/Cr.2H2O.2O.Zn/h;2*1H2;;;/q+4;;;2*-2;+2/p-2. The second kappa shape index (κ2) is 151. The van der Waals surface area contributed by atoms with Crippen LogP contribution in [0.4, 0.5) is 0 Å². The molecule has 0 aromatic rings. The molecule has 0 radical (unpaired) electrons. The maximum absolute atomic E-state index is 0. The summed E-state index contributed by atoms with van der Waals surface area (Å²) in [7, 11) is 0. The van der Waals surface area contributed by atoms with Gasteiger partial charge >= 0.3 is 36.8 Å². The summed E-state index contributed by atoms with van der Waals surface area (Å²) in [5, 5.41) is 0. The van der Waals surface area contributed by atoms with E-state index >= 15 is 0 Å². The molecule has 34 valence electrons. The van der Waals surface area contributed by atoms with Crippen molar-refractivity contribution in [3.8, 4) is 0 Å². The third-order valence-electron chi connectivity index (χ3n) is 0. The molecule has 0 fully saturated rings. The summed E-state index contributed by atoms with van der Waals surface area (Å²) in [5.41, 5.74) is 0. The molecule has 0 saturated heterocycles. The summed E-state index contributed by atoms with van der Waals surface area (Å²) in [5.74, 6) is 0. The van der Waals surface area contributed by atoms with Crippen molar-refractivity contribution in [2.24, 2.45) is 0 Å². The molecule has 6 heteroatoms. The second-order valence-corrected chi connectivity index (χ2v) is 0. The maximum Gasteiger partial charge on any atom is 4.00 e. The summed E-state index contributed by atoms with van der Waals surface area (Å²) in [6.07, 6.45) is 0. The fraction of sp³-hybridized carbons (Fsp3) is 0.